The smallest absolute Gasteiger partial charge is 0.310 e. The molecule has 1 saturated heterocycles. The molecule has 0 radical (unpaired) electrons. The Balaban J connectivity index is 2.48. The van der Waals surface area contributed by atoms with E-state index in [0.717, 1.165) is 0 Å². The van der Waals surface area contributed by atoms with Crippen molar-refractivity contribution in [1.29, 1.82) is 0 Å². The number of aliphatic hydroxyl groups excluding tert-OH is 1. The number of carbonyl (C=O) groups excluding carboxylic acids is 2. The Kier molecular flexibility index (Phi) is 3.10. The molecule has 80 valence electrons. The molecule has 1 heterocycles. The van der Waals surface area contributed by atoms with Crippen LogP contribution < -0.4 is 5.32 Å². The van der Waals surface area contributed by atoms with Crippen LogP contribution in [0.25, 0.3) is 0 Å². The summed E-state index contributed by atoms with van der Waals surface area (Å²) in [5.41, 5.74) is 0. The third-order valence-electron chi connectivity index (χ3n) is 2.15. The van der Waals surface area contributed by atoms with E-state index in [9.17, 15) is 14.7 Å². The van der Waals surface area contributed by atoms with E-state index >= 15 is 0 Å². The Hall–Kier alpha value is -1.10. The van der Waals surface area contributed by atoms with Crippen LogP contribution in [0.1, 0.15) is 20.8 Å². The summed E-state index contributed by atoms with van der Waals surface area (Å²) in [6, 6.07) is 0. The lowest BCUT2D eigenvalue weighted by Crippen LogP contribution is -2.63. The van der Waals surface area contributed by atoms with Crippen LogP contribution in [0.2, 0.25) is 0 Å². The second kappa shape index (κ2) is 3.96. The summed E-state index contributed by atoms with van der Waals surface area (Å²) in [5.74, 6) is -1.51. The van der Waals surface area contributed by atoms with Gasteiger partial charge in [-0.3, -0.25) is 9.59 Å². The van der Waals surface area contributed by atoms with E-state index in [-0.39, 0.29) is 17.8 Å². The predicted octanol–water partition coefficient (Wildman–Crippen LogP) is -0.362. The third kappa shape index (κ3) is 2.04. The lowest BCUT2D eigenvalue weighted by molar-refractivity contribution is -0.177. The average Bonchev–Trinajstić information content (AvgIpc) is 2.01. The van der Waals surface area contributed by atoms with E-state index < -0.39 is 18.2 Å². The summed E-state index contributed by atoms with van der Waals surface area (Å²) >= 11 is 0. The first kappa shape index (κ1) is 11.0. The van der Waals surface area contributed by atoms with Gasteiger partial charge in [-0.15, -0.1) is 0 Å². The number of hydrogen-bond acceptors (Lipinski definition) is 4. The fourth-order valence-electron chi connectivity index (χ4n) is 1.20. The highest BCUT2D eigenvalue weighted by molar-refractivity contribution is 5.86. The third-order valence-corrected chi connectivity index (χ3v) is 2.15. The molecule has 0 aliphatic carbocycles. The average molecular weight is 201 g/mol. The van der Waals surface area contributed by atoms with Crippen LogP contribution in [0.15, 0.2) is 0 Å². The van der Waals surface area contributed by atoms with Gasteiger partial charge in [0.15, 0.2) is 6.23 Å². The lowest BCUT2D eigenvalue weighted by Gasteiger charge is -2.37. The molecule has 1 fully saturated rings. The van der Waals surface area contributed by atoms with Gasteiger partial charge in [0, 0.05) is 0 Å². The van der Waals surface area contributed by atoms with Gasteiger partial charge in [0.1, 0.15) is 5.92 Å². The number of ether oxygens (including phenoxy) is 1. The molecule has 0 aromatic rings. The SMILES string of the molecule is CC(C)C(=O)O[C@H]1NC(=O)[C@@H]1[C@@H](C)O. The zero-order valence-electron chi connectivity index (χ0n) is 8.48. The maximum atomic E-state index is 11.2. The van der Waals surface area contributed by atoms with E-state index in [2.05, 4.69) is 5.32 Å². The van der Waals surface area contributed by atoms with E-state index in [1.807, 2.05) is 0 Å². The Morgan fingerprint density at radius 3 is 2.43 bits per heavy atom. The van der Waals surface area contributed by atoms with Gasteiger partial charge in [-0.1, -0.05) is 13.8 Å². The van der Waals surface area contributed by atoms with Gasteiger partial charge >= 0.3 is 5.97 Å². The normalized spacial score (nSPS) is 27.9. The molecule has 0 aromatic heterocycles. The van der Waals surface area contributed by atoms with Crippen LogP contribution in [0.5, 0.6) is 0 Å². The standard InChI is InChI=1S/C9H15NO4/c1-4(2)9(13)14-8-6(5(3)11)7(12)10-8/h4-6,8,11H,1-3H3,(H,10,12)/t5-,6+,8-/m1/s1. The van der Waals surface area contributed by atoms with Gasteiger partial charge in [0.25, 0.3) is 0 Å². The van der Waals surface area contributed by atoms with Crippen molar-refractivity contribution in [2.45, 2.75) is 33.1 Å². The highest BCUT2D eigenvalue weighted by atomic mass is 16.6. The molecule has 1 aliphatic rings. The Bertz CT molecular complexity index is 249. The maximum Gasteiger partial charge on any atom is 0.310 e. The Morgan fingerprint density at radius 1 is 1.50 bits per heavy atom. The summed E-state index contributed by atoms with van der Waals surface area (Å²) in [4.78, 5) is 22.1. The first-order valence-electron chi connectivity index (χ1n) is 4.62. The van der Waals surface area contributed by atoms with Crippen molar-refractivity contribution >= 4 is 11.9 Å². The lowest BCUT2D eigenvalue weighted by atomic mass is 9.93. The highest BCUT2D eigenvalue weighted by Gasteiger charge is 2.45. The van der Waals surface area contributed by atoms with Crippen LogP contribution in [0.3, 0.4) is 0 Å². The van der Waals surface area contributed by atoms with Crippen molar-refractivity contribution in [2.75, 3.05) is 0 Å². The molecule has 1 aliphatic heterocycles. The van der Waals surface area contributed by atoms with Crippen LogP contribution >= 0.6 is 0 Å². The summed E-state index contributed by atoms with van der Waals surface area (Å²) in [6.45, 7) is 4.92. The van der Waals surface area contributed by atoms with Crippen molar-refractivity contribution < 1.29 is 19.4 Å². The molecule has 0 aromatic carbocycles. The van der Waals surface area contributed by atoms with Crippen LogP contribution in [-0.2, 0) is 14.3 Å². The molecular formula is C9H15NO4. The topological polar surface area (TPSA) is 75.6 Å². The van der Waals surface area contributed by atoms with Gasteiger partial charge < -0.3 is 15.2 Å². The van der Waals surface area contributed by atoms with Crippen molar-refractivity contribution in [3.8, 4) is 0 Å². The van der Waals surface area contributed by atoms with E-state index in [0.29, 0.717) is 0 Å². The largest absolute Gasteiger partial charge is 0.440 e. The Morgan fingerprint density at radius 2 is 2.07 bits per heavy atom. The number of hydrogen-bond donors (Lipinski definition) is 2. The molecular weight excluding hydrogens is 186 g/mol. The molecule has 0 saturated carbocycles. The number of carbonyl (C=O) groups is 2. The van der Waals surface area contributed by atoms with Crippen LogP contribution in [-0.4, -0.2) is 29.3 Å². The molecule has 5 heteroatoms. The number of amides is 1. The Labute approximate surface area is 82.4 Å². The van der Waals surface area contributed by atoms with Gasteiger partial charge in [0.05, 0.1) is 12.0 Å². The van der Waals surface area contributed by atoms with Crippen molar-refractivity contribution in [3.63, 3.8) is 0 Å². The molecule has 1 amide bonds. The minimum absolute atomic E-state index is 0.234. The van der Waals surface area contributed by atoms with Gasteiger partial charge in [-0.2, -0.15) is 0 Å². The number of rotatable bonds is 3. The van der Waals surface area contributed by atoms with Crippen LogP contribution in [0, 0.1) is 11.8 Å². The fourth-order valence-corrected chi connectivity index (χ4v) is 1.20. The molecule has 2 N–H and O–H groups in total. The predicted molar refractivity (Wildman–Crippen MR) is 48.0 cm³/mol. The monoisotopic (exact) mass is 201 g/mol. The molecule has 14 heavy (non-hydrogen) atoms. The van der Waals surface area contributed by atoms with Crippen molar-refractivity contribution in [1.82, 2.24) is 5.32 Å². The molecule has 0 bridgehead atoms. The zero-order valence-corrected chi connectivity index (χ0v) is 8.48. The highest BCUT2D eigenvalue weighted by Crippen LogP contribution is 2.21. The minimum Gasteiger partial charge on any atom is -0.440 e. The molecule has 3 atom stereocenters. The number of β-lactam (4-membered cyclic amide) rings is 1. The van der Waals surface area contributed by atoms with Gasteiger partial charge in [0.2, 0.25) is 5.91 Å². The van der Waals surface area contributed by atoms with Crippen molar-refractivity contribution in [3.05, 3.63) is 0 Å². The number of esters is 1. The zero-order chi connectivity index (χ0) is 10.9. The molecule has 1 rings (SSSR count). The maximum absolute atomic E-state index is 11.2. The number of aliphatic hydroxyl groups is 1. The second-order valence-corrected chi connectivity index (χ2v) is 3.79. The van der Waals surface area contributed by atoms with E-state index in [1.165, 1.54) is 6.92 Å². The quantitative estimate of drug-likeness (QED) is 0.483. The summed E-state index contributed by atoms with van der Waals surface area (Å²) in [7, 11) is 0. The second-order valence-electron chi connectivity index (χ2n) is 3.79. The van der Waals surface area contributed by atoms with Crippen LogP contribution in [0.4, 0.5) is 0 Å². The first-order valence-corrected chi connectivity index (χ1v) is 4.62. The van der Waals surface area contributed by atoms with E-state index in [4.69, 9.17) is 4.74 Å². The fraction of sp³-hybridized carbons (Fsp3) is 0.778. The van der Waals surface area contributed by atoms with Gasteiger partial charge in [-0.05, 0) is 6.92 Å². The first-order chi connectivity index (χ1) is 6.43. The van der Waals surface area contributed by atoms with Gasteiger partial charge in [-0.25, -0.2) is 0 Å². The number of nitrogens with one attached hydrogen (secondary N) is 1. The van der Waals surface area contributed by atoms with E-state index in [1.54, 1.807) is 13.8 Å². The van der Waals surface area contributed by atoms with Crippen molar-refractivity contribution in [2.24, 2.45) is 11.8 Å². The summed E-state index contributed by atoms with van der Waals surface area (Å²) < 4.78 is 4.96. The molecule has 0 spiro atoms. The molecule has 5 nitrogen and oxygen atoms in total. The molecule has 0 unspecified atom stereocenters. The summed E-state index contributed by atoms with van der Waals surface area (Å²) in [6.07, 6.45) is -1.47. The minimum atomic E-state index is -0.797. The summed E-state index contributed by atoms with van der Waals surface area (Å²) in [5, 5.41) is 11.6.